The molecule has 0 saturated carbocycles. The van der Waals surface area contributed by atoms with Crippen molar-refractivity contribution in [3.8, 4) is 6.07 Å². The van der Waals surface area contributed by atoms with E-state index in [0.29, 0.717) is 12.1 Å². The maximum absolute atomic E-state index is 12.6. The molecule has 1 amide bonds. The third-order valence-electron chi connectivity index (χ3n) is 5.15. The van der Waals surface area contributed by atoms with Crippen molar-refractivity contribution in [2.75, 3.05) is 50.7 Å². The zero-order valence-electron chi connectivity index (χ0n) is 14.9. The molecule has 2 aliphatic heterocycles. The first-order valence-corrected chi connectivity index (χ1v) is 9.38. The van der Waals surface area contributed by atoms with Crippen molar-refractivity contribution in [1.29, 1.82) is 5.26 Å². The maximum atomic E-state index is 12.6. The second kappa shape index (κ2) is 8.82. The van der Waals surface area contributed by atoms with Crippen LogP contribution in [0.5, 0.6) is 0 Å². The number of piperazine rings is 1. The monoisotopic (exact) mass is 341 g/mol. The van der Waals surface area contributed by atoms with Crippen LogP contribution >= 0.6 is 0 Å². The van der Waals surface area contributed by atoms with Crippen molar-refractivity contribution in [2.24, 2.45) is 0 Å². The Kier molecular flexibility index (Phi) is 6.24. The third-order valence-corrected chi connectivity index (χ3v) is 5.15. The summed E-state index contributed by atoms with van der Waals surface area (Å²) in [4.78, 5) is 23.4. The molecule has 2 fully saturated rings. The molecule has 6 nitrogen and oxygen atoms in total. The largest absolute Gasteiger partial charge is 0.353 e. The van der Waals surface area contributed by atoms with E-state index in [1.807, 2.05) is 0 Å². The van der Waals surface area contributed by atoms with Gasteiger partial charge >= 0.3 is 0 Å². The first kappa shape index (κ1) is 17.7. The van der Waals surface area contributed by atoms with E-state index in [-0.39, 0.29) is 5.91 Å². The standard InChI is InChI=1S/C19H27N5O/c20-15-17-7-6-8-21-19(17)24-13-11-22(12-14-24)16-18(25)23-9-4-2-1-3-5-10-23/h6-8H,1-5,9-14,16H2. The lowest BCUT2D eigenvalue weighted by atomic mass is 10.1. The van der Waals surface area contributed by atoms with E-state index >= 15 is 0 Å². The molecule has 3 heterocycles. The molecular formula is C19H27N5O. The Morgan fingerprint density at radius 3 is 2.40 bits per heavy atom. The Hall–Kier alpha value is -2.13. The van der Waals surface area contributed by atoms with E-state index in [1.54, 1.807) is 18.3 Å². The van der Waals surface area contributed by atoms with E-state index in [9.17, 15) is 10.1 Å². The van der Waals surface area contributed by atoms with Crippen molar-refractivity contribution in [2.45, 2.75) is 32.1 Å². The van der Waals surface area contributed by atoms with Crippen LogP contribution in [-0.2, 0) is 4.79 Å². The number of carbonyl (C=O) groups excluding carboxylic acids is 1. The van der Waals surface area contributed by atoms with Crippen LogP contribution in [0.3, 0.4) is 0 Å². The molecule has 134 valence electrons. The quantitative estimate of drug-likeness (QED) is 0.840. The van der Waals surface area contributed by atoms with Crippen molar-refractivity contribution < 1.29 is 4.79 Å². The van der Waals surface area contributed by atoms with Gasteiger partial charge in [0, 0.05) is 45.5 Å². The van der Waals surface area contributed by atoms with Crippen LogP contribution in [0.1, 0.15) is 37.7 Å². The summed E-state index contributed by atoms with van der Waals surface area (Å²) in [5, 5.41) is 9.23. The highest BCUT2D eigenvalue weighted by molar-refractivity contribution is 5.78. The average molecular weight is 341 g/mol. The molecule has 3 rings (SSSR count). The van der Waals surface area contributed by atoms with E-state index in [1.165, 1.54) is 19.3 Å². The number of hydrogen-bond acceptors (Lipinski definition) is 5. The lowest BCUT2D eigenvalue weighted by Crippen LogP contribution is -2.50. The molecule has 2 saturated heterocycles. The second-order valence-electron chi connectivity index (χ2n) is 6.90. The van der Waals surface area contributed by atoms with Gasteiger partial charge in [-0.15, -0.1) is 0 Å². The summed E-state index contributed by atoms with van der Waals surface area (Å²) in [5.41, 5.74) is 0.618. The molecule has 0 radical (unpaired) electrons. The van der Waals surface area contributed by atoms with Crippen LogP contribution in [0.2, 0.25) is 0 Å². The number of aromatic nitrogens is 1. The molecule has 1 aromatic rings. The van der Waals surface area contributed by atoms with Crippen LogP contribution in [0, 0.1) is 11.3 Å². The first-order chi connectivity index (χ1) is 12.3. The van der Waals surface area contributed by atoms with E-state index in [2.05, 4.69) is 25.8 Å². The van der Waals surface area contributed by atoms with Gasteiger partial charge < -0.3 is 9.80 Å². The topological polar surface area (TPSA) is 63.5 Å². The number of hydrogen-bond donors (Lipinski definition) is 0. The molecule has 0 aliphatic carbocycles. The Bertz CT molecular complexity index is 610. The zero-order chi connectivity index (χ0) is 17.5. The Morgan fingerprint density at radius 2 is 1.72 bits per heavy atom. The Morgan fingerprint density at radius 1 is 1.04 bits per heavy atom. The van der Waals surface area contributed by atoms with Gasteiger partial charge in [0.15, 0.2) is 0 Å². The number of anilines is 1. The predicted octanol–water partition coefficient (Wildman–Crippen LogP) is 1.87. The predicted molar refractivity (Wildman–Crippen MR) is 97.3 cm³/mol. The summed E-state index contributed by atoms with van der Waals surface area (Å²) < 4.78 is 0. The molecule has 0 bridgehead atoms. The van der Waals surface area contributed by atoms with E-state index in [4.69, 9.17) is 0 Å². The maximum Gasteiger partial charge on any atom is 0.236 e. The van der Waals surface area contributed by atoms with Crippen LogP contribution in [0.15, 0.2) is 18.3 Å². The lowest BCUT2D eigenvalue weighted by molar-refractivity contribution is -0.132. The minimum atomic E-state index is 0.269. The molecular weight excluding hydrogens is 314 g/mol. The van der Waals surface area contributed by atoms with Gasteiger partial charge in [-0.25, -0.2) is 4.98 Å². The van der Waals surface area contributed by atoms with Crippen LogP contribution in [0.25, 0.3) is 0 Å². The summed E-state index contributed by atoms with van der Waals surface area (Å²) in [6.07, 6.45) is 7.80. The first-order valence-electron chi connectivity index (χ1n) is 9.38. The fourth-order valence-corrected chi connectivity index (χ4v) is 3.64. The van der Waals surface area contributed by atoms with Crippen molar-refractivity contribution in [1.82, 2.24) is 14.8 Å². The molecule has 6 heteroatoms. The third kappa shape index (κ3) is 4.70. The Labute approximate surface area is 150 Å². The summed E-state index contributed by atoms with van der Waals surface area (Å²) in [5.74, 6) is 1.03. The SMILES string of the molecule is N#Cc1cccnc1N1CCN(CC(=O)N2CCCCCCC2)CC1. The van der Waals surface area contributed by atoms with E-state index in [0.717, 1.165) is 57.9 Å². The molecule has 0 N–H and O–H groups in total. The van der Waals surface area contributed by atoms with Crippen LogP contribution < -0.4 is 4.90 Å². The molecule has 0 spiro atoms. The fraction of sp³-hybridized carbons (Fsp3) is 0.632. The minimum absolute atomic E-state index is 0.269. The normalized spacial score (nSPS) is 19.8. The fourth-order valence-electron chi connectivity index (χ4n) is 3.64. The summed E-state index contributed by atoms with van der Waals surface area (Å²) in [6, 6.07) is 5.81. The van der Waals surface area contributed by atoms with Crippen molar-refractivity contribution >= 4 is 11.7 Å². The zero-order valence-corrected chi connectivity index (χ0v) is 14.9. The summed E-state index contributed by atoms with van der Waals surface area (Å²) >= 11 is 0. The lowest BCUT2D eigenvalue weighted by Gasteiger charge is -2.36. The highest BCUT2D eigenvalue weighted by atomic mass is 16.2. The molecule has 2 aliphatic rings. The van der Waals surface area contributed by atoms with Gasteiger partial charge in [-0.1, -0.05) is 19.3 Å². The number of rotatable bonds is 3. The van der Waals surface area contributed by atoms with Gasteiger partial charge in [0.05, 0.1) is 12.1 Å². The van der Waals surface area contributed by atoms with Crippen LogP contribution in [0.4, 0.5) is 5.82 Å². The molecule has 0 unspecified atom stereocenters. The van der Waals surface area contributed by atoms with Gasteiger partial charge in [0.2, 0.25) is 5.91 Å². The Balaban J connectivity index is 1.50. The highest BCUT2D eigenvalue weighted by Gasteiger charge is 2.23. The number of amides is 1. The summed E-state index contributed by atoms with van der Waals surface area (Å²) in [6.45, 7) is 5.62. The molecule has 25 heavy (non-hydrogen) atoms. The van der Waals surface area contributed by atoms with Crippen molar-refractivity contribution in [3.63, 3.8) is 0 Å². The minimum Gasteiger partial charge on any atom is -0.353 e. The number of pyridine rings is 1. The van der Waals surface area contributed by atoms with Crippen molar-refractivity contribution in [3.05, 3.63) is 23.9 Å². The number of carbonyl (C=O) groups is 1. The number of nitrogens with zero attached hydrogens (tertiary/aromatic N) is 5. The number of nitriles is 1. The van der Waals surface area contributed by atoms with Crippen LogP contribution in [-0.4, -0.2) is 66.5 Å². The van der Waals surface area contributed by atoms with Gasteiger partial charge in [0.1, 0.15) is 11.9 Å². The number of likely N-dealkylation sites (tertiary alicyclic amines) is 1. The van der Waals surface area contributed by atoms with Gasteiger partial charge in [-0.3, -0.25) is 9.69 Å². The van der Waals surface area contributed by atoms with Gasteiger partial charge in [-0.05, 0) is 25.0 Å². The van der Waals surface area contributed by atoms with Gasteiger partial charge in [0.25, 0.3) is 0 Å². The molecule has 0 atom stereocenters. The smallest absolute Gasteiger partial charge is 0.236 e. The average Bonchev–Trinajstić information content (AvgIpc) is 2.62. The second-order valence-corrected chi connectivity index (χ2v) is 6.90. The van der Waals surface area contributed by atoms with Gasteiger partial charge in [-0.2, -0.15) is 5.26 Å². The van der Waals surface area contributed by atoms with E-state index < -0.39 is 0 Å². The molecule has 1 aromatic heterocycles. The summed E-state index contributed by atoms with van der Waals surface area (Å²) in [7, 11) is 0. The highest BCUT2D eigenvalue weighted by Crippen LogP contribution is 2.18. The molecule has 0 aromatic carbocycles.